The van der Waals surface area contributed by atoms with Crippen LogP contribution in [0.3, 0.4) is 0 Å². The zero-order valence-electron chi connectivity index (χ0n) is 7.87. The molecule has 0 aliphatic heterocycles. The summed E-state index contributed by atoms with van der Waals surface area (Å²) in [5.41, 5.74) is 6.48. The van der Waals surface area contributed by atoms with Gasteiger partial charge in [-0.2, -0.15) is 0 Å². The Morgan fingerprint density at radius 1 is 1.23 bits per heavy atom. The Hall–Kier alpha value is -0.0800. The molecule has 72 valence electrons. The molecule has 0 amide bonds. The molecule has 4 aliphatic rings. The molecule has 2 bridgehead atoms. The van der Waals surface area contributed by atoms with Crippen LogP contribution in [0.15, 0.2) is 0 Å². The molecular formula is C11H17NO. The standard InChI is InChI=1S/C11H17NO/c12-9-6-3-8-10(5-7(9)10)1-2-11(8,13)4-6/h6-9,13H,1-5,12H2. The summed E-state index contributed by atoms with van der Waals surface area (Å²) < 4.78 is 0. The van der Waals surface area contributed by atoms with Gasteiger partial charge in [0, 0.05) is 6.04 Å². The van der Waals surface area contributed by atoms with E-state index in [0.29, 0.717) is 23.3 Å². The summed E-state index contributed by atoms with van der Waals surface area (Å²) in [6.07, 6.45) is 5.90. The molecule has 4 saturated carbocycles. The Labute approximate surface area is 78.5 Å². The van der Waals surface area contributed by atoms with Crippen LogP contribution in [0.25, 0.3) is 0 Å². The van der Waals surface area contributed by atoms with Gasteiger partial charge in [-0.3, -0.25) is 0 Å². The topological polar surface area (TPSA) is 46.2 Å². The molecule has 0 aromatic rings. The van der Waals surface area contributed by atoms with E-state index in [4.69, 9.17) is 5.73 Å². The van der Waals surface area contributed by atoms with Gasteiger partial charge in [0.1, 0.15) is 0 Å². The molecule has 0 heterocycles. The third-order valence-electron chi connectivity index (χ3n) is 5.71. The second-order valence-corrected chi connectivity index (χ2v) is 5.98. The second-order valence-electron chi connectivity index (χ2n) is 5.98. The van der Waals surface area contributed by atoms with Gasteiger partial charge in [-0.25, -0.2) is 0 Å². The van der Waals surface area contributed by atoms with Crippen molar-refractivity contribution in [3.05, 3.63) is 0 Å². The summed E-state index contributed by atoms with van der Waals surface area (Å²) in [4.78, 5) is 0. The van der Waals surface area contributed by atoms with Crippen molar-refractivity contribution < 1.29 is 5.11 Å². The molecule has 13 heavy (non-hydrogen) atoms. The zero-order chi connectivity index (χ0) is 8.84. The Morgan fingerprint density at radius 3 is 2.92 bits per heavy atom. The van der Waals surface area contributed by atoms with Gasteiger partial charge in [0.25, 0.3) is 0 Å². The molecular weight excluding hydrogens is 162 g/mol. The largest absolute Gasteiger partial charge is 0.390 e. The van der Waals surface area contributed by atoms with E-state index in [-0.39, 0.29) is 5.60 Å². The lowest BCUT2D eigenvalue weighted by molar-refractivity contribution is 0.0116. The van der Waals surface area contributed by atoms with Crippen LogP contribution in [0, 0.1) is 23.2 Å². The molecule has 0 aromatic heterocycles. The second kappa shape index (κ2) is 1.70. The van der Waals surface area contributed by atoms with Crippen LogP contribution in [0.2, 0.25) is 0 Å². The molecule has 0 aromatic carbocycles. The summed E-state index contributed by atoms with van der Waals surface area (Å²) in [6.45, 7) is 0. The summed E-state index contributed by atoms with van der Waals surface area (Å²) in [5.74, 6) is 2.07. The molecule has 0 saturated heterocycles. The monoisotopic (exact) mass is 179 g/mol. The summed E-state index contributed by atoms with van der Waals surface area (Å²) in [6, 6.07) is 0.422. The summed E-state index contributed by atoms with van der Waals surface area (Å²) >= 11 is 0. The molecule has 6 unspecified atom stereocenters. The highest BCUT2D eigenvalue weighted by molar-refractivity contribution is 5.26. The minimum Gasteiger partial charge on any atom is -0.390 e. The quantitative estimate of drug-likeness (QED) is 0.580. The molecule has 6 atom stereocenters. The van der Waals surface area contributed by atoms with E-state index < -0.39 is 0 Å². The molecule has 4 fully saturated rings. The van der Waals surface area contributed by atoms with E-state index >= 15 is 0 Å². The lowest BCUT2D eigenvalue weighted by atomic mass is 9.77. The van der Waals surface area contributed by atoms with Gasteiger partial charge in [0.05, 0.1) is 5.60 Å². The fraction of sp³-hybridized carbons (Fsp3) is 1.00. The van der Waals surface area contributed by atoms with E-state index in [1.807, 2.05) is 0 Å². The van der Waals surface area contributed by atoms with Crippen molar-refractivity contribution in [1.82, 2.24) is 0 Å². The van der Waals surface area contributed by atoms with E-state index in [2.05, 4.69) is 0 Å². The van der Waals surface area contributed by atoms with E-state index in [0.717, 1.165) is 18.8 Å². The third kappa shape index (κ3) is 0.581. The minimum absolute atomic E-state index is 0.284. The van der Waals surface area contributed by atoms with Crippen molar-refractivity contribution in [3.63, 3.8) is 0 Å². The number of nitrogens with two attached hydrogens (primary N) is 1. The maximum atomic E-state index is 10.5. The van der Waals surface area contributed by atoms with Crippen LogP contribution < -0.4 is 5.73 Å². The van der Waals surface area contributed by atoms with Crippen molar-refractivity contribution in [2.24, 2.45) is 28.9 Å². The fourth-order valence-corrected chi connectivity index (χ4v) is 5.05. The first-order valence-electron chi connectivity index (χ1n) is 5.64. The zero-order valence-corrected chi connectivity index (χ0v) is 7.87. The van der Waals surface area contributed by atoms with Crippen LogP contribution >= 0.6 is 0 Å². The van der Waals surface area contributed by atoms with Gasteiger partial charge < -0.3 is 10.8 Å². The lowest BCUT2D eigenvalue weighted by Crippen LogP contribution is -2.37. The SMILES string of the molecule is NC1C2CC3C(O)(CCC34CC14)C2. The Morgan fingerprint density at radius 2 is 2.08 bits per heavy atom. The van der Waals surface area contributed by atoms with Gasteiger partial charge in [0.15, 0.2) is 0 Å². The normalized spacial score (nSPS) is 72.5. The fourth-order valence-electron chi connectivity index (χ4n) is 5.05. The summed E-state index contributed by atoms with van der Waals surface area (Å²) in [7, 11) is 0. The van der Waals surface area contributed by atoms with Crippen LogP contribution in [0.4, 0.5) is 0 Å². The Kier molecular flexibility index (Phi) is 0.947. The van der Waals surface area contributed by atoms with E-state index in [1.165, 1.54) is 19.3 Å². The highest BCUT2D eigenvalue weighted by Crippen LogP contribution is 2.77. The smallest absolute Gasteiger partial charge is 0.0684 e. The van der Waals surface area contributed by atoms with Crippen LogP contribution in [-0.4, -0.2) is 16.7 Å². The number of fused-ring (bicyclic) bond motifs is 1. The van der Waals surface area contributed by atoms with Gasteiger partial charge in [-0.15, -0.1) is 0 Å². The first-order chi connectivity index (χ1) is 6.16. The molecule has 4 rings (SSSR count). The Balaban J connectivity index is 1.87. The van der Waals surface area contributed by atoms with Crippen molar-refractivity contribution in [2.75, 3.05) is 0 Å². The van der Waals surface area contributed by atoms with Crippen LogP contribution in [-0.2, 0) is 0 Å². The van der Waals surface area contributed by atoms with Crippen LogP contribution in [0.5, 0.6) is 0 Å². The average Bonchev–Trinajstić information content (AvgIpc) is 2.65. The maximum absolute atomic E-state index is 10.5. The highest BCUT2D eigenvalue weighted by atomic mass is 16.3. The molecule has 3 N–H and O–H groups in total. The predicted molar refractivity (Wildman–Crippen MR) is 48.9 cm³/mol. The maximum Gasteiger partial charge on any atom is 0.0684 e. The first kappa shape index (κ1) is 7.24. The molecule has 0 radical (unpaired) electrons. The van der Waals surface area contributed by atoms with Crippen molar-refractivity contribution >= 4 is 0 Å². The number of hydrogen-bond donors (Lipinski definition) is 2. The molecule has 4 aliphatic carbocycles. The van der Waals surface area contributed by atoms with Gasteiger partial charge in [-0.1, -0.05) is 0 Å². The predicted octanol–water partition coefficient (Wildman–Crippen LogP) is 0.885. The van der Waals surface area contributed by atoms with Crippen molar-refractivity contribution in [2.45, 2.75) is 43.7 Å². The van der Waals surface area contributed by atoms with E-state index in [1.54, 1.807) is 0 Å². The molecule has 2 heteroatoms. The average molecular weight is 179 g/mol. The number of hydrogen-bond acceptors (Lipinski definition) is 2. The lowest BCUT2D eigenvalue weighted by Gasteiger charge is -2.30. The minimum atomic E-state index is -0.284. The summed E-state index contributed by atoms with van der Waals surface area (Å²) in [5, 5.41) is 10.5. The van der Waals surface area contributed by atoms with E-state index in [9.17, 15) is 5.11 Å². The highest BCUT2D eigenvalue weighted by Gasteiger charge is 2.75. The third-order valence-corrected chi connectivity index (χ3v) is 5.71. The van der Waals surface area contributed by atoms with Crippen LogP contribution in [0.1, 0.15) is 32.1 Å². The molecule has 2 nitrogen and oxygen atoms in total. The van der Waals surface area contributed by atoms with Crippen molar-refractivity contribution in [3.8, 4) is 0 Å². The van der Waals surface area contributed by atoms with Crippen molar-refractivity contribution in [1.29, 1.82) is 0 Å². The Bertz CT molecular complexity index is 290. The van der Waals surface area contributed by atoms with Gasteiger partial charge in [-0.05, 0) is 55.3 Å². The number of rotatable bonds is 0. The first-order valence-corrected chi connectivity index (χ1v) is 5.64. The van der Waals surface area contributed by atoms with Gasteiger partial charge >= 0.3 is 0 Å². The number of aliphatic hydroxyl groups is 1. The molecule has 1 spiro atoms. The van der Waals surface area contributed by atoms with Gasteiger partial charge in [0.2, 0.25) is 0 Å².